The fraction of sp³-hybridized carbons (Fsp3) is 0.214. The monoisotopic (exact) mass is 459 g/mol. The zero-order valence-corrected chi connectivity index (χ0v) is 18.6. The number of anilines is 1. The number of aliphatic hydroxyl groups excluding tert-OH is 1. The van der Waals surface area contributed by atoms with Crippen molar-refractivity contribution < 1.29 is 23.5 Å². The number of benzene rings is 3. The molecule has 1 N–H and O–H groups in total. The van der Waals surface area contributed by atoms with Gasteiger partial charge in [0, 0.05) is 11.6 Å². The maximum absolute atomic E-state index is 14.8. The van der Waals surface area contributed by atoms with Crippen molar-refractivity contribution in [1.29, 1.82) is 0 Å². The second kappa shape index (κ2) is 8.52. The molecule has 1 saturated heterocycles. The molecule has 0 spiro atoms. The highest BCUT2D eigenvalue weighted by atomic mass is 19.1. The molecule has 1 aliphatic heterocycles. The molecule has 5 rings (SSSR count). The van der Waals surface area contributed by atoms with Crippen LogP contribution in [0.4, 0.5) is 14.5 Å². The summed E-state index contributed by atoms with van der Waals surface area (Å²) in [5, 5.41) is 11.3. The highest BCUT2D eigenvalue weighted by molar-refractivity contribution is 6.51. The third kappa shape index (κ3) is 3.69. The van der Waals surface area contributed by atoms with Gasteiger partial charge in [-0.3, -0.25) is 14.5 Å². The molecule has 1 heterocycles. The Morgan fingerprint density at radius 3 is 2.44 bits per heavy atom. The number of ketones is 1. The largest absolute Gasteiger partial charge is 0.507 e. The van der Waals surface area contributed by atoms with Crippen LogP contribution < -0.4 is 4.90 Å². The molecule has 6 heteroatoms. The first-order valence-electron chi connectivity index (χ1n) is 11.3. The molecule has 0 saturated carbocycles. The molecule has 1 amide bonds. The van der Waals surface area contributed by atoms with Gasteiger partial charge < -0.3 is 5.11 Å². The van der Waals surface area contributed by atoms with Crippen LogP contribution in [0.5, 0.6) is 0 Å². The normalized spacial score (nSPS) is 19.4. The summed E-state index contributed by atoms with van der Waals surface area (Å²) in [6.45, 7) is 1.86. The smallest absolute Gasteiger partial charge is 0.300 e. The van der Waals surface area contributed by atoms with E-state index in [-0.39, 0.29) is 17.0 Å². The fourth-order valence-electron chi connectivity index (χ4n) is 4.95. The van der Waals surface area contributed by atoms with Crippen LogP contribution in [0.15, 0.2) is 66.2 Å². The quantitative estimate of drug-likeness (QED) is 0.307. The molecule has 0 bridgehead atoms. The zero-order valence-electron chi connectivity index (χ0n) is 18.6. The van der Waals surface area contributed by atoms with Crippen LogP contribution in [0.1, 0.15) is 46.7 Å². The predicted octanol–water partition coefficient (Wildman–Crippen LogP) is 5.78. The van der Waals surface area contributed by atoms with Gasteiger partial charge in [0.15, 0.2) is 0 Å². The maximum atomic E-state index is 14.8. The van der Waals surface area contributed by atoms with Crippen LogP contribution >= 0.6 is 0 Å². The van der Waals surface area contributed by atoms with Crippen molar-refractivity contribution in [3.05, 3.63) is 106 Å². The maximum Gasteiger partial charge on any atom is 0.300 e. The van der Waals surface area contributed by atoms with Crippen molar-refractivity contribution in [2.75, 3.05) is 4.90 Å². The number of aliphatic hydroxyl groups is 1. The van der Waals surface area contributed by atoms with E-state index in [9.17, 15) is 23.5 Å². The summed E-state index contributed by atoms with van der Waals surface area (Å²) in [6, 6.07) is 14.5. The molecule has 1 fully saturated rings. The molecule has 4 nitrogen and oxygen atoms in total. The van der Waals surface area contributed by atoms with Crippen LogP contribution in [-0.2, 0) is 22.4 Å². The second-order valence-electron chi connectivity index (χ2n) is 8.87. The van der Waals surface area contributed by atoms with Crippen molar-refractivity contribution in [2.45, 2.75) is 38.6 Å². The Morgan fingerprint density at radius 1 is 0.941 bits per heavy atom. The van der Waals surface area contributed by atoms with Gasteiger partial charge in [0.25, 0.3) is 11.7 Å². The Balaban J connectivity index is 1.72. The Hall–Kier alpha value is -3.80. The predicted molar refractivity (Wildman–Crippen MR) is 125 cm³/mol. The number of hydrogen-bond donors (Lipinski definition) is 1. The number of nitrogens with zero attached hydrogens (tertiary/aromatic N) is 1. The Morgan fingerprint density at radius 2 is 1.71 bits per heavy atom. The van der Waals surface area contributed by atoms with E-state index >= 15 is 0 Å². The summed E-state index contributed by atoms with van der Waals surface area (Å²) in [5.74, 6) is -3.95. The molecule has 34 heavy (non-hydrogen) atoms. The number of rotatable bonds is 3. The van der Waals surface area contributed by atoms with Crippen LogP contribution in [0.3, 0.4) is 0 Å². The van der Waals surface area contributed by atoms with Crippen LogP contribution in [0.2, 0.25) is 0 Å². The van der Waals surface area contributed by atoms with E-state index in [0.717, 1.165) is 53.8 Å². The number of Topliss-reactive ketones (excluding diaryl/α,β-unsaturated/α-hetero) is 1. The van der Waals surface area contributed by atoms with Crippen molar-refractivity contribution in [2.24, 2.45) is 0 Å². The summed E-state index contributed by atoms with van der Waals surface area (Å²) in [6.07, 6.45) is 4.01. The summed E-state index contributed by atoms with van der Waals surface area (Å²) in [5.41, 5.74) is 3.84. The van der Waals surface area contributed by atoms with Crippen molar-refractivity contribution >= 4 is 23.1 Å². The first kappa shape index (κ1) is 22.0. The van der Waals surface area contributed by atoms with Gasteiger partial charge in [-0.15, -0.1) is 0 Å². The highest BCUT2D eigenvalue weighted by Gasteiger charge is 2.47. The zero-order chi connectivity index (χ0) is 24.0. The van der Waals surface area contributed by atoms with Gasteiger partial charge >= 0.3 is 0 Å². The first-order valence-corrected chi connectivity index (χ1v) is 11.3. The number of amides is 1. The molecule has 3 aromatic carbocycles. The van der Waals surface area contributed by atoms with E-state index in [0.29, 0.717) is 17.2 Å². The topological polar surface area (TPSA) is 57.6 Å². The van der Waals surface area contributed by atoms with E-state index in [4.69, 9.17) is 0 Å². The molecule has 2 aliphatic rings. The summed E-state index contributed by atoms with van der Waals surface area (Å²) in [4.78, 5) is 27.4. The van der Waals surface area contributed by atoms with E-state index < -0.39 is 29.4 Å². The van der Waals surface area contributed by atoms with Crippen LogP contribution in [0.25, 0.3) is 5.76 Å². The van der Waals surface area contributed by atoms with E-state index in [1.54, 1.807) is 24.3 Å². The van der Waals surface area contributed by atoms with Gasteiger partial charge in [-0.1, -0.05) is 42.0 Å². The average Bonchev–Trinajstić information content (AvgIpc) is 3.09. The fourth-order valence-corrected chi connectivity index (χ4v) is 4.95. The van der Waals surface area contributed by atoms with Crippen LogP contribution in [-0.4, -0.2) is 16.8 Å². The second-order valence-corrected chi connectivity index (χ2v) is 8.87. The molecule has 1 aliphatic carbocycles. The van der Waals surface area contributed by atoms with Gasteiger partial charge in [-0.2, -0.15) is 0 Å². The van der Waals surface area contributed by atoms with E-state index in [1.807, 2.05) is 25.1 Å². The highest BCUT2D eigenvalue weighted by Crippen LogP contribution is 2.43. The lowest BCUT2D eigenvalue weighted by atomic mass is 9.88. The summed E-state index contributed by atoms with van der Waals surface area (Å²) < 4.78 is 28.4. The molecule has 0 radical (unpaired) electrons. The molecule has 1 unspecified atom stereocenters. The Bertz CT molecular complexity index is 1360. The lowest BCUT2D eigenvalue weighted by Gasteiger charge is -2.26. The number of fused-ring (bicyclic) bond motifs is 1. The van der Waals surface area contributed by atoms with Crippen LogP contribution in [0, 0.1) is 18.6 Å². The average molecular weight is 459 g/mol. The summed E-state index contributed by atoms with van der Waals surface area (Å²) >= 11 is 0. The summed E-state index contributed by atoms with van der Waals surface area (Å²) in [7, 11) is 0. The standard InChI is InChI=1S/C28H23F2NO3/c1-16-5-4-8-19(13-16)25-24(26(32)20-10-9-17-6-2-3-7-18(17)14-20)27(33)28(34)31(25)23-12-11-21(29)15-22(23)30/h4-5,8-15,25,32H,2-3,6-7H2,1H3/b26-24-. The number of hydrogen-bond acceptors (Lipinski definition) is 3. The Kier molecular flexibility index (Phi) is 5.52. The van der Waals surface area contributed by atoms with E-state index in [1.165, 1.54) is 5.56 Å². The SMILES string of the molecule is Cc1cccc(C2/C(=C(/O)c3ccc4c(c3)CCCC4)C(=O)C(=O)N2c2ccc(F)cc2F)c1. The minimum absolute atomic E-state index is 0.116. The van der Waals surface area contributed by atoms with Gasteiger partial charge in [-0.25, -0.2) is 8.78 Å². The van der Waals surface area contributed by atoms with Gasteiger partial charge in [0.05, 0.1) is 17.3 Å². The van der Waals surface area contributed by atoms with Gasteiger partial charge in [-0.05, 0) is 67.5 Å². The minimum Gasteiger partial charge on any atom is -0.507 e. The van der Waals surface area contributed by atoms with Crippen molar-refractivity contribution in [1.82, 2.24) is 0 Å². The lowest BCUT2D eigenvalue weighted by molar-refractivity contribution is -0.132. The third-order valence-electron chi connectivity index (χ3n) is 6.59. The van der Waals surface area contributed by atoms with Gasteiger partial charge in [0.2, 0.25) is 0 Å². The van der Waals surface area contributed by atoms with Crippen molar-refractivity contribution in [3.63, 3.8) is 0 Å². The number of halogens is 2. The molecule has 0 aromatic heterocycles. The van der Waals surface area contributed by atoms with Gasteiger partial charge in [0.1, 0.15) is 17.4 Å². The minimum atomic E-state index is -1.06. The molecule has 1 atom stereocenters. The third-order valence-corrected chi connectivity index (χ3v) is 6.59. The molecule has 3 aromatic rings. The van der Waals surface area contributed by atoms with E-state index in [2.05, 4.69) is 0 Å². The Labute approximate surface area is 196 Å². The molecular weight excluding hydrogens is 436 g/mol. The first-order chi connectivity index (χ1) is 16.3. The number of carbonyl (C=O) groups is 2. The molecule has 172 valence electrons. The number of aryl methyl sites for hydroxylation is 3. The number of carbonyl (C=O) groups excluding carboxylic acids is 2. The molecular formula is C28H23F2NO3. The lowest BCUT2D eigenvalue weighted by Crippen LogP contribution is -2.30. The van der Waals surface area contributed by atoms with Crippen molar-refractivity contribution in [3.8, 4) is 0 Å².